The summed E-state index contributed by atoms with van der Waals surface area (Å²) in [5.41, 5.74) is 1.88. The lowest BCUT2D eigenvalue weighted by Gasteiger charge is -2.17. The third-order valence-electron chi connectivity index (χ3n) is 3.50. The van der Waals surface area contributed by atoms with Gasteiger partial charge in [-0.25, -0.2) is 0 Å². The van der Waals surface area contributed by atoms with Crippen LogP contribution in [0.4, 0.5) is 5.69 Å². The molecule has 2 aromatic rings. The lowest BCUT2D eigenvalue weighted by atomic mass is 10.0. The topological polar surface area (TPSA) is 53.7 Å². The van der Waals surface area contributed by atoms with Crippen LogP contribution in [-0.4, -0.2) is 17.6 Å². The summed E-state index contributed by atoms with van der Waals surface area (Å²) >= 11 is 0. The Hall–Kier alpha value is -2.23. The first-order valence-corrected chi connectivity index (χ1v) is 6.27. The fourth-order valence-electron chi connectivity index (χ4n) is 2.61. The Labute approximate surface area is 111 Å². The van der Waals surface area contributed by atoms with Crippen molar-refractivity contribution in [2.75, 3.05) is 11.4 Å². The second-order valence-corrected chi connectivity index (χ2v) is 4.84. The Balaban J connectivity index is 1.90. The predicted octanol–water partition coefficient (Wildman–Crippen LogP) is 2.78. The van der Waals surface area contributed by atoms with Crippen LogP contribution in [0.5, 0.6) is 0 Å². The molecular formula is C15H15NO3. The molecule has 0 saturated carbocycles. The number of anilines is 1. The number of rotatable bonds is 3. The van der Waals surface area contributed by atoms with E-state index in [9.17, 15) is 9.90 Å². The molecule has 4 nitrogen and oxygen atoms in total. The van der Waals surface area contributed by atoms with Crippen LogP contribution in [0.25, 0.3) is 0 Å². The molecule has 1 unspecified atom stereocenters. The molecule has 0 spiro atoms. The third kappa shape index (κ3) is 2.10. The van der Waals surface area contributed by atoms with Crippen LogP contribution in [0.3, 0.4) is 0 Å². The zero-order valence-electron chi connectivity index (χ0n) is 10.7. The molecule has 1 aromatic heterocycles. The van der Waals surface area contributed by atoms with E-state index in [1.807, 2.05) is 43.3 Å². The van der Waals surface area contributed by atoms with Crippen LogP contribution in [0.15, 0.2) is 40.8 Å². The van der Waals surface area contributed by atoms with E-state index in [0.29, 0.717) is 13.1 Å². The van der Waals surface area contributed by atoms with Crippen LogP contribution < -0.4 is 4.90 Å². The van der Waals surface area contributed by atoms with E-state index < -0.39 is 11.9 Å². The van der Waals surface area contributed by atoms with E-state index in [1.165, 1.54) is 0 Å². The molecule has 0 radical (unpaired) electrons. The molecule has 98 valence electrons. The number of carboxylic acids is 1. The van der Waals surface area contributed by atoms with Crippen molar-refractivity contribution in [2.45, 2.75) is 19.4 Å². The largest absolute Gasteiger partial charge is 0.481 e. The van der Waals surface area contributed by atoms with E-state index in [1.54, 1.807) is 0 Å². The van der Waals surface area contributed by atoms with Gasteiger partial charge < -0.3 is 14.4 Å². The molecule has 4 heteroatoms. The normalized spacial score (nSPS) is 17.5. The predicted molar refractivity (Wildman–Crippen MR) is 71.3 cm³/mol. The van der Waals surface area contributed by atoms with Gasteiger partial charge in [-0.2, -0.15) is 0 Å². The van der Waals surface area contributed by atoms with E-state index in [4.69, 9.17) is 4.42 Å². The molecule has 2 heterocycles. The Morgan fingerprint density at radius 1 is 1.37 bits per heavy atom. The molecule has 1 aliphatic rings. The number of hydrogen-bond acceptors (Lipinski definition) is 3. The second kappa shape index (κ2) is 4.46. The number of benzene rings is 1. The summed E-state index contributed by atoms with van der Waals surface area (Å²) in [5, 5.41) is 9.30. The van der Waals surface area contributed by atoms with Gasteiger partial charge in [-0.1, -0.05) is 18.2 Å². The Kier molecular flexibility index (Phi) is 2.78. The third-order valence-corrected chi connectivity index (χ3v) is 3.50. The van der Waals surface area contributed by atoms with Gasteiger partial charge in [-0.15, -0.1) is 0 Å². The van der Waals surface area contributed by atoms with Gasteiger partial charge in [0.1, 0.15) is 17.4 Å². The maximum absolute atomic E-state index is 11.3. The van der Waals surface area contributed by atoms with Crippen molar-refractivity contribution in [3.63, 3.8) is 0 Å². The number of aliphatic carboxylic acids is 1. The molecule has 19 heavy (non-hydrogen) atoms. The maximum atomic E-state index is 11.3. The van der Waals surface area contributed by atoms with Gasteiger partial charge in [0.05, 0.1) is 6.54 Å². The standard InChI is InChI=1S/C15H15NO3/c1-10-6-7-11(19-10)8-16-9-13(15(17)18)12-4-2-3-5-14(12)16/h2-7,13H,8-9H2,1H3,(H,17,18). The van der Waals surface area contributed by atoms with Gasteiger partial charge in [0.2, 0.25) is 0 Å². The Morgan fingerprint density at radius 3 is 2.84 bits per heavy atom. The molecule has 0 bridgehead atoms. The first-order chi connectivity index (χ1) is 9.15. The fraction of sp³-hybridized carbons (Fsp3) is 0.267. The smallest absolute Gasteiger partial charge is 0.312 e. The quantitative estimate of drug-likeness (QED) is 0.918. The summed E-state index contributed by atoms with van der Waals surface area (Å²) in [5.74, 6) is 0.508. The molecular weight excluding hydrogens is 242 g/mol. The number of carboxylic acid groups (broad SMARTS) is 1. The number of aryl methyl sites for hydroxylation is 1. The highest BCUT2D eigenvalue weighted by molar-refractivity contribution is 5.82. The second-order valence-electron chi connectivity index (χ2n) is 4.84. The van der Waals surface area contributed by atoms with Crippen LogP contribution in [-0.2, 0) is 11.3 Å². The molecule has 0 aliphatic carbocycles. The lowest BCUT2D eigenvalue weighted by Crippen LogP contribution is -2.23. The summed E-state index contributed by atoms with van der Waals surface area (Å²) in [6.07, 6.45) is 0. The van der Waals surface area contributed by atoms with Crippen LogP contribution in [0.1, 0.15) is 23.0 Å². The number of fused-ring (bicyclic) bond motifs is 1. The van der Waals surface area contributed by atoms with Crippen LogP contribution in [0, 0.1) is 6.92 Å². The van der Waals surface area contributed by atoms with E-state index in [0.717, 1.165) is 22.8 Å². The van der Waals surface area contributed by atoms with Gasteiger partial charge in [0.25, 0.3) is 0 Å². The Bertz CT molecular complexity index is 617. The zero-order chi connectivity index (χ0) is 13.4. The van der Waals surface area contributed by atoms with Crippen molar-refractivity contribution in [3.8, 4) is 0 Å². The van der Waals surface area contributed by atoms with Crippen molar-refractivity contribution in [2.24, 2.45) is 0 Å². The van der Waals surface area contributed by atoms with Crippen molar-refractivity contribution in [1.29, 1.82) is 0 Å². The van der Waals surface area contributed by atoms with Gasteiger partial charge in [0, 0.05) is 12.2 Å². The van der Waals surface area contributed by atoms with Crippen LogP contribution >= 0.6 is 0 Å². The molecule has 1 N–H and O–H groups in total. The molecule has 1 aromatic carbocycles. The highest BCUT2D eigenvalue weighted by Gasteiger charge is 2.33. The van der Waals surface area contributed by atoms with Crippen LogP contribution in [0.2, 0.25) is 0 Å². The Morgan fingerprint density at radius 2 is 2.16 bits per heavy atom. The molecule has 3 rings (SSSR count). The average Bonchev–Trinajstić information content (AvgIpc) is 2.95. The lowest BCUT2D eigenvalue weighted by molar-refractivity contribution is -0.138. The summed E-state index contributed by atoms with van der Waals surface area (Å²) in [4.78, 5) is 13.4. The number of hydrogen-bond donors (Lipinski definition) is 1. The summed E-state index contributed by atoms with van der Waals surface area (Å²) in [6.45, 7) is 3.00. The van der Waals surface area contributed by atoms with Crippen molar-refractivity contribution in [3.05, 3.63) is 53.5 Å². The van der Waals surface area contributed by atoms with Gasteiger partial charge >= 0.3 is 5.97 Å². The number of furan rings is 1. The minimum absolute atomic E-state index is 0.452. The summed E-state index contributed by atoms with van der Waals surface area (Å²) < 4.78 is 5.57. The van der Waals surface area contributed by atoms with E-state index >= 15 is 0 Å². The SMILES string of the molecule is Cc1ccc(CN2CC(C(=O)O)c3ccccc32)o1. The van der Waals surface area contributed by atoms with Crippen molar-refractivity contribution < 1.29 is 14.3 Å². The van der Waals surface area contributed by atoms with Crippen molar-refractivity contribution >= 4 is 11.7 Å². The monoisotopic (exact) mass is 257 g/mol. The highest BCUT2D eigenvalue weighted by Crippen LogP contribution is 2.37. The average molecular weight is 257 g/mol. The van der Waals surface area contributed by atoms with Gasteiger partial charge in [-0.05, 0) is 30.7 Å². The van der Waals surface area contributed by atoms with Gasteiger partial charge in [0.15, 0.2) is 0 Å². The number of carbonyl (C=O) groups is 1. The molecule has 0 saturated heterocycles. The molecule has 1 aliphatic heterocycles. The minimum Gasteiger partial charge on any atom is -0.481 e. The molecule has 0 amide bonds. The highest BCUT2D eigenvalue weighted by atomic mass is 16.4. The summed E-state index contributed by atoms with van der Waals surface area (Å²) in [6, 6.07) is 11.5. The van der Waals surface area contributed by atoms with E-state index in [2.05, 4.69) is 4.90 Å². The summed E-state index contributed by atoms with van der Waals surface area (Å²) in [7, 11) is 0. The maximum Gasteiger partial charge on any atom is 0.312 e. The first-order valence-electron chi connectivity index (χ1n) is 6.27. The molecule has 0 fully saturated rings. The number of para-hydroxylation sites is 1. The zero-order valence-corrected chi connectivity index (χ0v) is 10.7. The molecule has 1 atom stereocenters. The number of nitrogens with zero attached hydrogens (tertiary/aromatic N) is 1. The van der Waals surface area contributed by atoms with E-state index in [-0.39, 0.29) is 0 Å². The fourth-order valence-corrected chi connectivity index (χ4v) is 2.61. The van der Waals surface area contributed by atoms with Crippen molar-refractivity contribution in [1.82, 2.24) is 0 Å². The van der Waals surface area contributed by atoms with Gasteiger partial charge in [-0.3, -0.25) is 4.79 Å². The first kappa shape index (κ1) is 11.8. The minimum atomic E-state index is -0.773.